The molecule has 5 heteroatoms. The molecule has 1 N–H and O–H groups in total. The van der Waals surface area contributed by atoms with Crippen molar-refractivity contribution in [3.05, 3.63) is 0 Å². The molecular formula is C25H52O5. The number of aliphatic hydroxyl groups is 1. The van der Waals surface area contributed by atoms with Crippen molar-refractivity contribution in [2.24, 2.45) is 0 Å². The minimum atomic E-state index is 0.0336. The number of hydrogen-bond acceptors (Lipinski definition) is 5. The van der Waals surface area contributed by atoms with E-state index in [4.69, 9.17) is 24.1 Å². The van der Waals surface area contributed by atoms with E-state index in [1.165, 1.54) is 77.0 Å². The van der Waals surface area contributed by atoms with E-state index in [0.29, 0.717) is 33.0 Å². The van der Waals surface area contributed by atoms with Gasteiger partial charge in [-0.05, 0) is 20.3 Å². The molecule has 2 atom stereocenters. The van der Waals surface area contributed by atoms with Gasteiger partial charge >= 0.3 is 0 Å². The lowest BCUT2D eigenvalue weighted by molar-refractivity contribution is -0.0671. The van der Waals surface area contributed by atoms with E-state index in [9.17, 15) is 0 Å². The smallest absolute Gasteiger partial charge is 0.0781 e. The van der Waals surface area contributed by atoms with Crippen molar-refractivity contribution in [1.82, 2.24) is 0 Å². The summed E-state index contributed by atoms with van der Waals surface area (Å²) in [6.07, 6.45) is 18.0. The SMILES string of the molecule is CCCCCCCCCCCCCCCOCC(C)OCC(C)OCCOCCO. The molecule has 0 aromatic rings. The van der Waals surface area contributed by atoms with Gasteiger partial charge in [0.25, 0.3) is 0 Å². The Labute approximate surface area is 187 Å². The summed E-state index contributed by atoms with van der Waals surface area (Å²) in [6.45, 7) is 9.79. The number of hydrogen-bond donors (Lipinski definition) is 1. The Morgan fingerprint density at radius 1 is 0.533 bits per heavy atom. The monoisotopic (exact) mass is 432 g/mol. The standard InChI is InChI=1S/C25H52O5/c1-4-5-6-7-8-9-10-11-12-13-14-15-16-18-28-22-24(2)30-23-25(3)29-21-20-27-19-17-26/h24-26H,4-23H2,1-3H3. The first-order valence-electron chi connectivity index (χ1n) is 12.7. The maximum Gasteiger partial charge on any atom is 0.0781 e. The van der Waals surface area contributed by atoms with Gasteiger partial charge in [0.2, 0.25) is 0 Å². The average Bonchev–Trinajstić information content (AvgIpc) is 2.74. The van der Waals surface area contributed by atoms with Crippen molar-refractivity contribution in [3.63, 3.8) is 0 Å². The number of unbranched alkanes of at least 4 members (excludes halogenated alkanes) is 12. The predicted octanol–water partition coefficient (Wildman–Crippen LogP) is 5.91. The molecule has 0 aliphatic carbocycles. The Balaban J connectivity index is 3.23. The fourth-order valence-corrected chi connectivity index (χ4v) is 3.34. The van der Waals surface area contributed by atoms with Gasteiger partial charge in [-0.1, -0.05) is 84.0 Å². The Bertz CT molecular complexity index is 314. The molecule has 0 bridgehead atoms. The Morgan fingerprint density at radius 2 is 1.07 bits per heavy atom. The molecule has 0 rings (SSSR count). The van der Waals surface area contributed by atoms with Gasteiger partial charge in [-0.25, -0.2) is 0 Å². The lowest BCUT2D eigenvalue weighted by Crippen LogP contribution is -2.24. The molecule has 0 saturated carbocycles. The van der Waals surface area contributed by atoms with E-state index in [2.05, 4.69) is 6.92 Å². The average molecular weight is 433 g/mol. The Kier molecular flexibility index (Phi) is 24.9. The normalized spacial score (nSPS) is 13.6. The zero-order valence-electron chi connectivity index (χ0n) is 20.4. The topological polar surface area (TPSA) is 57.2 Å². The minimum absolute atomic E-state index is 0.0336. The van der Waals surface area contributed by atoms with Crippen LogP contribution < -0.4 is 0 Å². The maximum absolute atomic E-state index is 8.63. The van der Waals surface area contributed by atoms with Crippen LogP contribution in [0.25, 0.3) is 0 Å². The van der Waals surface area contributed by atoms with Crippen LogP contribution in [0.15, 0.2) is 0 Å². The maximum atomic E-state index is 8.63. The van der Waals surface area contributed by atoms with Gasteiger partial charge in [0.15, 0.2) is 0 Å². The summed E-state index contributed by atoms with van der Waals surface area (Å²) in [4.78, 5) is 0. The summed E-state index contributed by atoms with van der Waals surface area (Å²) in [5.41, 5.74) is 0. The van der Waals surface area contributed by atoms with E-state index < -0.39 is 0 Å². The molecule has 0 aromatic heterocycles. The van der Waals surface area contributed by atoms with E-state index >= 15 is 0 Å². The molecule has 0 fully saturated rings. The Morgan fingerprint density at radius 3 is 1.63 bits per heavy atom. The lowest BCUT2D eigenvalue weighted by Gasteiger charge is -2.18. The third-order valence-electron chi connectivity index (χ3n) is 5.23. The molecule has 30 heavy (non-hydrogen) atoms. The molecule has 5 nitrogen and oxygen atoms in total. The number of ether oxygens (including phenoxy) is 4. The highest BCUT2D eigenvalue weighted by Crippen LogP contribution is 2.12. The van der Waals surface area contributed by atoms with Crippen LogP contribution >= 0.6 is 0 Å². The largest absolute Gasteiger partial charge is 0.394 e. The summed E-state index contributed by atoms with van der Waals surface area (Å²) in [6, 6.07) is 0. The summed E-state index contributed by atoms with van der Waals surface area (Å²) >= 11 is 0. The molecule has 0 aliphatic rings. The third-order valence-corrected chi connectivity index (χ3v) is 5.23. The first kappa shape index (κ1) is 29.8. The molecule has 0 saturated heterocycles. The summed E-state index contributed by atoms with van der Waals surface area (Å²) in [5.74, 6) is 0. The first-order valence-corrected chi connectivity index (χ1v) is 12.7. The summed E-state index contributed by atoms with van der Waals surface area (Å²) in [5, 5.41) is 8.63. The molecular weight excluding hydrogens is 380 g/mol. The molecule has 182 valence electrons. The number of rotatable bonds is 25. The second-order valence-electron chi connectivity index (χ2n) is 8.48. The van der Waals surface area contributed by atoms with Crippen LogP contribution in [0.5, 0.6) is 0 Å². The highest BCUT2D eigenvalue weighted by atomic mass is 16.6. The zero-order valence-corrected chi connectivity index (χ0v) is 20.4. The quantitative estimate of drug-likeness (QED) is 0.182. The molecule has 0 aliphatic heterocycles. The molecule has 0 heterocycles. The molecule has 0 spiro atoms. The van der Waals surface area contributed by atoms with Gasteiger partial charge in [-0.15, -0.1) is 0 Å². The van der Waals surface area contributed by atoms with Crippen LogP contribution in [0.2, 0.25) is 0 Å². The lowest BCUT2D eigenvalue weighted by atomic mass is 10.0. The van der Waals surface area contributed by atoms with Crippen molar-refractivity contribution >= 4 is 0 Å². The van der Waals surface area contributed by atoms with E-state index in [1.807, 2.05) is 13.8 Å². The van der Waals surface area contributed by atoms with Crippen molar-refractivity contribution in [3.8, 4) is 0 Å². The summed E-state index contributed by atoms with van der Waals surface area (Å²) < 4.78 is 22.3. The molecule has 0 amide bonds. The molecule has 0 aromatic carbocycles. The first-order chi connectivity index (χ1) is 14.7. The van der Waals surface area contributed by atoms with E-state index in [-0.39, 0.29) is 18.8 Å². The highest BCUT2D eigenvalue weighted by molar-refractivity contribution is 4.53. The molecule has 2 unspecified atom stereocenters. The van der Waals surface area contributed by atoms with E-state index in [1.54, 1.807) is 0 Å². The van der Waals surface area contributed by atoms with Gasteiger partial charge in [0.05, 0.1) is 51.8 Å². The van der Waals surface area contributed by atoms with Gasteiger partial charge in [0.1, 0.15) is 0 Å². The fourth-order valence-electron chi connectivity index (χ4n) is 3.34. The number of aliphatic hydroxyl groups excluding tert-OH is 1. The Hall–Kier alpha value is -0.200. The minimum Gasteiger partial charge on any atom is -0.394 e. The predicted molar refractivity (Wildman–Crippen MR) is 125 cm³/mol. The van der Waals surface area contributed by atoms with Crippen LogP contribution in [-0.4, -0.2) is 63.6 Å². The molecule has 0 radical (unpaired) electrons. The summed E-state index contributed by atoms with van der Waals surface area (Å²) in [7, 11) is 0. The van der Waals surface area contributed by atoms with Crippen molar-refractivity contribution in [2.45, 2.75) is 116 Å². The van der Waals surface area contributed by atoms with E-state index in [0.717, 1.165) is 13.0 Å². The highest BCUT2D eigenvalue weighted by Gasteiger charge is 2.07. The van der Waals surface area contributed by atoms with Crippen LogP contribution in [0.4, 0.5) is 0 Å². The van der Waals surface area contributed by atoms with Crippen LogP contribution in [0, 0.1) is 0 Å². The van der Waals surface area contributed by atoms with Crippen LogP contribution in [0.3, 0.4) is 0 Å². The van der Waals surface area contributed by atoms with Crippen molar-refractivity contribution < 1.29 is 24.1 Å². The second kappa shape index (κ2) is 25.1. The third kappa shape index (κ3) is 24.1. The van der Waals surface area contributed by atoms with Gasteiger partial charge in [0, 0.05) is 6.61 Å². The fraction of sp³-hybridized carbons (Fsp3) is 1.00. The van der Waals surface area contributed by atoms with Gasteiger partial charge < -0.3 is 24.1 Å². The van der Waals surface area contributed by atoms with Crippen molar-refractivity contribution in [1.29, 1.82) is 0 Å². The van der Waals surface area contributed by atoms with Gasteiger partial charge in [-0.3, -0.25) is 0 Å². The van der Waals surface area contributed by atoms with Crippen LogP contribution in [0.1, 0.15) is 104 Å². The van der Waals surface area contributed by atoms with Gasteiger partial charge in [-0.2, -0.15) is 0 Å². The van der Waals surface area contributed by atoms with Crippen LogP contribution in [-0.2, 0) is 18.9 Å². The van der Waals surface area contributed by atoms with Crippen molar-refractivity contribution in [2.75, 3.05) is 46.2 Å². The zero-order chi connectivity index (χ0) is 22.1. The second-order valence-corrected chi connectivity index (χ2v) is 8.48.